The number of nitrogens with zero attached hydrogens (tertiary/aromatic N) is 1. The summed E-state index contributed by atoms with van der Waals surface area (Å²) in [5.74, 6) is -0.739. The van der Waals surface area contributed by atoms with E-state index >= 15 is 0 Å². The standard InChI is InChI=1S/C23H23F4NO2/c1-14(29)28-10-8-16(9-11-28)22(30)13-20(15-2-5-18(24)6-3-15)19-7-4-17(12-21(19)22)23(25,26)27/h2-8,12,14,20,29-30H,9-11,13H2,1H3. The van der Waals surface area contributed by atoms with Gasteiger partial charge in [-0.25, -0.2) is 4.39 Å². The number of benzene rings is 2. The molecule has 0 saturated carbocycles. The molecule has 3 atom stereocenters. The smallest absolute Gasteiger partial charge is 0.381 e. The molecule has 1 aliphatic carbocycles. The highest BCUT2D eigenvalue weighted by Gasteiger charge is 2.47. The van der Waals surface area contributed by atoms with Gasteiger partial charge >= 0.3 is 6.18 Å². The third-order valence-electron chi connectivity index (χ3n) is 6.27. The van der Waals surface area contributed by atoms with Gasteiger partial charge in [-0.1, -0.05) is 24.3 Å². The Labute approximate surface area is 172 Å². The molecule has 1 heterocycles. The lowest BCUT2D eigenvalue weighted by Crippen LogP contribution is -2.39. The fourth-order valence-electron chi connectivity index (χ4n) is 4.61. The third-order valence-corrected chi connectivity index (χ3v) is 6.27. The van der Waals surface area contributed by atoms with Crippen LogP contribution < -0.4 is 0 Å². The van der Waals surface area contributed by atoms with E-state index in [-0.39, 0.29) is 17.9 Å². The summed E-state index contributed by atoms with van der Waals surface area (Å²) >= 11 is 0. The maximum Gasteiger partial charge on any atom is 0.416 e. The van der Waals surface area contributed by atoms with Crippen LogP contribution in [0.15, 0.2) is 54.1 Å². The maximum atomic E-state index is 13.4. The largest absolute Gasteiger partial charge is 0.416 e. The van der Waals surface area contributed by atoms with Gasteiger partial charge in [0.1, 0.15) is 17.6 Å². The van der Waals surface area contributed by atoms with Crippen LogP contribution in [0, 0.1) is 5.82 Å². The number of hydrogen-bond donors (Lipinski definition) is 2. The van der Waals surface area contributed by atoms with Crippen molar-refractivity contribution in [1.82, 2.24) is 4.90 Å². The molecule has 7 heteroatoms. The average molecular weight is 421 g/mol. The summed E-state index contributed by atoms with van der Waals surface area (Å²) in [5.41, 5.74) is -0.0683. The molecule has 0 amide bonds. The minimum absolute atomic E-state index is 0.190. The zero-order chi connectivity index (χ0) is 21.7. The van der Waals surface area contributed by atoms with Gasteiger partial charge in [0.05, 0.1) is 5.56 Å². The molecule has 2 N–H and O–H groups in total. The van der Waals surface area contributed by atoms with Crippen molar-refractivity contribution in [3.63, 3.8) is 0 Å². The van der Waals surface area contributed by atoms with Gasteiger partial charge < -0.3 is 10.2 Å². The van der Waals surface area contributed by atoms with Crippen LogP contribution in [0.4, 0.5) is 17.6 Å². The Kier molecular flexibility index (Phi) is 5.24. The zero-order valence-electron chi connectivity index (χ0n) is 16.5. The van der Waals surface area contributed by atoms with Crippen molar-refractivity contribution in [3.05, 3.63) is 82.2 Å². The monoisotopic (exact) mass is 421 g/mol. The van der Waals surface area contributed by atoms with Crippen molar-refractivity contribution in [2.24, 2.45) is 0 Å². The predicted octanol–water partition coefficient (Wildman–Crippen LogP) is 4.54. The Morgan fingerprint density at radius 3 is 2.40 bits per heavy atom. The van der Waals surface area contributed by atoms with Gasteiger partial charge in [0.25, 0.3) is 0 Å². The van der Waals surface area contributed by atoms with Crippen LogP contribution in [0.2, 0.25) is 0 Å². The fourth-order valence-corrected chi connectivity index (χ4v) is 4.61. The van der Waals surface area contributed by atoms with Crippen LogP contribution in [0.1, 0.15) is 47.9 Å². The van der Waals surface area contributed by atoms with E-state index in [0.29, 0.717) is 30.6 Å². The number of rotatable bonds is 3. The number of fused-ring (bicyclic) bond motifs is 1. The summed E-state index contributed by atoms with van der Waals surface area (Å²) in [6.07, 6.45) is -2.73. The first-order valence-corrected chi connectivity index (χ1v) is 9.90. The van der Waals surface area contributed by atoms with Gasteiger partial charge in [-0.15, -0.1) is 0 Å². The summed E-state index contributed by atoms with van der Waals surface area (Å²) in [4.78, 5) is 1.81. The Bertz CT molecular complexity index is 968. The van der Waals surface area contributed by atoms with E-state index in [1.165, 1.54) is 18.2 Å². The molecule has 4 rings (SSSR count). The van der Waals surface area contributed by atoms with Crippen LogP contribution in [0.5, 0.6) is 0 Å². The molecule has 0 aromatic heterocycles. The molecular weight excluding hydrogens is 398 g/mol. The zero-order valence-corrected chi connectivity index (χ0v) is 16.5. The van der Waals surface area contributed by atoms with Gasteiger partial charge in [0.2, 0.25) is 0 Å². The van der Waals surface area contributed by atoms with Gasteiger partial charge in [-0.05, 0) is 66.3 Å². The third kappa shape index (κ3) is 3.66. The van der Waals surface area contributed by atoms with Gasteiger partial charge in [-0.2, -0.15) is 13.2 Å². The number of alkyl halides is 3. The summed E-state index contributed by atoms with van der Waals surface area (Å²) in [6, 6.07) is 9.35. The lowest BCUT2D eigenvalue weighted by atomic mass is 9.82. The first-order valence-electron chi connectivity index (χ1n) is 9.90. The van der Waals surface area contributed by atoms with Gasteiger partial charge in [-0.3, -0.25) is 4.90 Å². The number of hydrogen-bond acceptors (Lipinski definition) is 3. The molecule has 0 saturated heterocycles. The summed E-state index contributed by atoms with van der Waals surface area (Å²) < 4.78 is 53.5. The molecule has 30 heavy (non-hydrogen) atoms. The Balaban J connectivity index is 1.80. The topological polar surface area (TPSA) is 43.7 Å². The van der Waals surface area contributed by atoms with E-state index in [2.05, 4.69) is 0 Å². The highest BCUT2D eigenvalue weighted by molar-refractivity contribution is 5.52. The fraction of sp³-hybridized carbons (Fsp3) is 0.391. The molecule has 3 nitrogen and oxygen atoms in total. The minimum Gasteiger partial charge on any atom is -0.381 e. The molecule has 0 bridgehead atoms. The van der Waals surface area contributed by atoms with Crippen molar-refractivity contribution in [2.45, 2.75) is 43.7 Å². The Morgan fingerprint density at radius 1 is 1.13 bits per heavy atom. The van der Waals surface area contributed by atoms with Crippen molar-refractivity contribution in [1.29, 1.82) is 0 Å². The van der Waals surface area contributed by atoms with Crippen molar-refractivity contribution >= 4 is 0 Å². The number of aliphatic hydroxyl groups excluding tert-OH is 1. The van der Waals surface area contributed by atoms with E-state index in [4.69, 9.17) is 0 Å². The summed E-state index contributed by atoms with van der Waals surface area (Å²) in [5, 5.41) is 21.4. The summed E-state index contributed by atoms with van der Waals surface area (Å²) in [6.45, 7) is 2.56. The van der Waals surface area contributed by atoms with Crippen molar-refractivity contribution in [2.75, 3.05) is 13.1 Å². The molecule has 1 aliphatic heterocycles. The summed E-state index contributed by atoms with van der Waals surface area (Å²) in [7, 11) is 0. The van der Waals surface area contributed by atoms with Crippen molar-refractivity contribution in [3.8, 4) is 0 Å². The van der Waals surface area contributed by atoms with Crippen molar-refractivity contribution < 1.29 is 27.8 Å². The van der Waals surface area contributed by atoms with E-state index in [0.717, 1.165) is 17.7 Å². The molecular formula is C23H23F4NO2. The molecule has 3 unspecified atom stereocenters. The second-order valence-corrected chi connectivity index (χ2v) is 8.07. The maximum absolute atomic E-state index is 13.4. The lowest BCUT2D eigenvalue weighted by molar-refractivity contribution is -0.137. The van der Waals surface area contributed by atoms with E-state index in [1.807, 2.05) is 4.90 Å². The predicted molar refractivity (Wildman–Crippen MR) is 104 cm³/mol. The number of halogens is 4. The molecule has 0 fully saturated rings. The first-order chi connectivity index (χ1) is 14.1. The minimum atomic E-state index is -4.52. The van der Waals surface area contributed by atoms with Crippen LogP contribution in [0.25, 0.3) is 0 Å². The second-order valence-electron chi connectivity index (χ2n) is 8.07. The normalized spacial score (nSPS) is 25.7. The first kappa shape index (κ1) is 21.0. The number of aliphatic hydroxyl groups is 2. The van der Waals surface area contributed by atoms with E-state index in [9.17, 15) is 27.8 Å². The average Bonchev–Trinajstić information content (AvgIpc) is 3.01. The molecule has 2 aliphatic rings. The van der Waals surface area contributed by atoms with Crippen LogP contribution in [0.3, 0.4) is 0 Å². The lowest BCUT2D eigenvalue weighted by Gasteiger charge is -2.35. The van der Waals surface area contributed by atoms with Gasteiger partial charge in [0, 0.05) is 19.0 Å². The Hall–Kier alpha value is -2.22. The molecule has 2 aromatic rings. The van der Waals surface area contributed by atoms with Crippen LogP contribution in [-0.2, 0) is 11.8 Å². The van der Waals surface area contributed by atoms with Crippen LogP contribution >= 0.6 is 0 Å². The highest BCUT2D eigenvalue weighted by Crippen LogP contribution is 2.53. The van der Waals surface area contributed by atoms with Crippen LogP contribution in [-0.4, -0.2) is 34.4 Å². The molecule has 2 aromatic carbocycles. The quantitative estimate of drug-likeness (QED) is 0.565. The molecule has 0 spiro atoms. The molecule has 0 radical (unpaired) electrons. The van der Waals surface area contributed by atoms with E-state index < -0.39 is 29.4 Å². The second kappa shape index (κ2) is 7.48. The SMILES string of the molecule is CC(O)N1CC=C(C2(O)CC(c3ccc(F)cc3)c3ccc(C(F)(F)F)cc32)CC1. The molecule has 160 valence electrons. The van der Waals surface area contributed by atoms with Gasteiger partial charge in [0.15, 0.2) is 0 Å². The highest BCUT2D eigenvalue weighted by atomic mass is 19.4. The Morgan fingerprint density at radius 2 is 1.83 bits per heavy atom. The van der Waals surface area contributed by atoms with E-state index in [1.54, 1.807) is 25.1 Å².